The van der Waals surface area contributed by atoms with E-state index in [-0.39, 0.29) is 35.1 Å². The summed E-state index contributed by atoms with van der Waals surface area (Å²) in [4.78, 5) is 7.13. The van der Waals surface area contributed by atoms with Crippen molar-refractivity contribution in [2.75, 3.05) is 37.0 Å². The predicted octanol–water partition coefficient (Wildman–Crippen LogP) is 3.38. The quantitative estimate of drug-likeness (QED) is 0.401. The minimum Gasteiger partial charge on any atom is -0.343 e. The maximum absolute atomic E-state index is 11.6. The van der Waals surface area contributed by atoms with Crippen molar-refractivity contribution < 1.29 is 8.42 Å². The number of hydrogen-bond donors (Lipinski definition) is 1. The van der Waals surface area contributed by atoms with Crippen molar-refractivity contribution in [3.8, 4) is 0 Å². The molecule has 1 saturated heterocycles. The Morgan fingerprint density at radius 2 is 1.80 bits per heavy atom. The van der Waals surface area contributed by atoms with Gasteiger partial charge in [0.05, 0.1) is 5.75 Å². The molecule has 1 aliphatic heterocycles. The fraction of sp³-hybridized carbons (Fsp3) is 0.611. The Balaban J connectivity index is 0.00000225. The summed E-state index contributed by atoms with van der Waals surface area (Å²) < 4.78 is 23.3. The van der Waals surface area contributed by atoms with Crippen LogP contribution in [0.15, 0.2) is 35.3 Å². The molecule has 7 heteroatoms. The second kappa shape index (κ2) is 8.70. The van der Waals surface area contributed by atoms with Crippen LogP contribution in [0.5, 0.6) is 0 Å². The summed E-state index contributed by atoms with van der Waals surface area (Å²) in [6.07, 6.45) is 6.88. The van der Waals surface area contributed by atoms with Gasteiger partial charge in [0.1, 0.15) is 9.84 Å². The van der Waals surface area contributed by atoms with Crippen LogP contribution >= 0.6 is 24.0 Å². The van der Waals surface area contributed by atoms with Gasteiger partial charge in [-0.3, -0.25) is 4.99 Å². The molecule has 2 fully saturated rings. The Bertz CT molecular complexity index is 682. The van der Waals surface area contributed by atoms with E-state index in [1.165, 1.54) is 25.5 Å². The monoisotopic (exact) mass is 477 g/mol. The molecular formula is C18H28IN3O2S. The molecule has 0 spiro atoms. The molecule has 0 aromatic heterocycles. The fourth-order valence-electron chi connectivity index (χ4n) is 3.30. The van der Waals surface area contributed by atoms with Gasteiger partial charge < -0.3 is 10.2 Å². The lowest BCUT2D eigenvalue weighted by molar-refractivity contribution is 0.339. The summed E-state index contributed by atoms with van der Waals surface area (Å²) in [6, 6.07) is 10.1. The van der Waals surface area contributed by atoms with Gasteiger partial charge in [-0.2, -0.15) is 0 Å². The highest BCUT2D eigenvalue weighted by Crippen LogP contribution is 2.47. The molecule has 0 amide bonds. The van der Waals surface area contributed by atoms with Gasteiger partial charge in [-0.1, -0.05) is 18.2 Å². The van der Waals surface area contributed by atoms with Gasteiger partial charge in [0.15, 0.2) is 5.96 Å². The molecule has 0 bridgehead atoms. The molecule has 1 N–H and O–H groups in total. The molecule has 1 aromatic rings. The minimum absolute atomic E-state index is 0. The molecule has 0 atom stereocenters. The SMILES string of the molecule is CS(=O)(=O)CC1(CN=C(Nc2ccccc2)N2CCCCC2)CC1.I. The molecule has 25 heavy (non-hydrogen) atoms. The van der Waals surface area contributed by atoms with E-state index < -0.39 is 9.84 Å². The first-order chi connectivity index (χ1) is 11.5. The number of likely N-dealkylation sites (tertiary alicyclic amines) is 1. The predicted molar refractivity (Wildman–Crippen MR) is 115 cm³/mol. The number of piperidine rings is 1. The summed E-state index contributed by atoms with van der Waals surface area (Å²) in [5, 5.41) is 3.44. The Morgan fingerprint density at radius 3 is 2.36 bits per heavy atom. The zero-order valence-corrected chi connectivity index (χ0v) is 17.9. The zero-order valence-electron chi connectivity index (χ0n) is 14.8. The van der Waals surface area contributed by atoms with Crippen molar-refractivity contribution >= 4 is 45.5 Å². The third-order valence-corrected chi connectivity index (χ3v) is 5.91. The highest BCUT2D eigenvalue weighted by atomic mass is 127. The molecule has 140 valence electrons. The number of hydrogen-bond acceptors (Lipinski definition) is 3. The summed E-state index contributed by atoms with van der Waals surface area (Å²) in [5.41, 5.74) is 0.891. The van der Waals surface area contributed by atoms with E-state index in [4.69, 9.17) is 4.99 Å². The summed E-state index contributed by atoms with van der Waals surface area (Å²) in [6.45, 7) is 2.61. The van der Waals surface area contributed by atoms with Crippen LogP contribution in [0.3, 0.4) is 0 Å². The number of aliphatic imine (C=N–C) groups is 1. The van der Waals surface area contributed by atoms with E-state index in [0.717, 1.165) is 37.6 Å². The van der Waals surface area contributed by atoms with Crippen molar-refractivity contribution in [3.63, 3.8) is 0 Å². The minimum atomic E-state index is -2.95. The summed E-state index contributed by atoms with van der Waals surface area (Å²) >= 11 is 0. The van der Waals surface area contributed by atoms with Crippen molar-refractivity contribution in [1.82, 2.24) is 4.90 Å². The first-order valence-corrected chi connectivity index (χ1v) is 10.8. The third kappa shape index (κ3) is 6.44. The van der Waals surface area contributed by atoms with Gasteiger partial charge in [0.2, 0.25) is 0 Å². The molecule has 1 aliphatic carbocycles. The average molecular weight is 477 g/mol. The van der Waals surface area contributed by atoms with Crippen molar-refractivity contribution in [1.29, 1.82) is 0 Å². The highest BCUT2D eigenvalue weighted by Gasteiger charge is 2.45. The van der Waals surface area contributed by atoms with Crippen molar-refractivity contribution in [3.05, 3.63) is 30.3 Å². The summed E-state index contributed by atoms with van der Waals surface area (Å²) in [5.74, 6) is 1.14. The lowest BCUT2D eigenvalue weighted by Gasteiger charge is -2.30. The Kier molecular flexibility index (Phi) is 7.13. The largest absolute Gasteiger partial charge is 0.343 e. The number of anilines is 1. The number of nitrogens with zero attached hydrogens (tertiary/aromatic N) is 2. The number of rotatable bonds is 5. The number of guanidine groups is 1. The van der Waals surface area contributed by atoms with Crippen LogP contribution in [0, 0.1) is 5.41 Å². The average Bonchev–Trinajstić information content (AvgIpc) is 3.31. The smallest absolute Gasteiger partial charge is 0.198 e. The van der Waals surface area contributed by atoms with Gasteiger partial charge in [-0.15, -0.1) is 24.0 Å². The van der Waals surface area contributed by atoms with E-state index in [9.17, 15) is 8.42 Å². The van der Waals surface area contributed by atoms with Crippen LogP contribution < -0.4 is 5.32 Å². The number of halogens is 1. The maximum Gasteiger partial charge on any atom is 0.198 e. The van der Waals surface area contributed by atoms with Gasteiger partial charge >= 0.3 is 0 Å². The van der Waals surface area contributed by atoms with Crippen LogP contribution in [0.4, 0.5) is 5.69 Å². The second-order valence-electron chi connectivity index (χ2n) is 7.25. The molecule has 5 nitrogen and oxygen atoms in total. The van der Waals surface area contributed by atoms with Crippen molar-refractivity contribution in [2.24, 2.45) is 10.4 Å². The number of sulfone groups is 1. The van der Waals surface area contributed by atoms with Crippen LogP contribution in [0.25, 0.3) is 0 Å². The molecule has 1 heterocycles. The Morgan fingerprint density at radius 1 is 1.16 bits per heavy atom. The van der Waals surface area contributed by atoms with E-state index in [1.54, 1.807) is 0 Å². The lowest BCUT2D eigenvalue weighted by atomic mass is 10.1. The van der Waals surface area contributed by atoms with E-state index in [2.05, 4.69) is 10.2 Å². The molecule has 3 rings (SSSR count). The normalized spacial score (nSPS) is 19.9. The van der Waals surface area contributed by atoms with Crippen molar-refractivity contribution in [2.45, 2.75) is 32.1 Å². The molecule has 0 radical (unpaired) electrons. The molecule has 1 saturated carbocycles. The number of nitrogens with one attached hydrogen (secondary N) is 1. The van der Waals surface area contributed by atoms with Crippen LogP contribution in [0.2, 0.25) is 0 Å². The Hall–Kier alpha value is -0.830. The molecule has 0 unspecified atom stereocenters. The Labute approximate surface area is 168 Å². The van der Waals surface area contributed by atoms with Crippen LogP contribution in [-0.2, 0) is 9.84 Å². The van der Waals surface area contributed by atoms with Gasteiger partial charge in [0.25, 0.3) is 0 Å². The van der Waals surface area contributed by atoms with Gasteiger partial charge in [-0.25, -0.2) is 8.42 Å². The van der Waals surface area contributed by atoms with Crippen LogP contribution in [-0.4, -0.2) is 50.9 Å². The van der Waals surface area contributed by atoms with Crippen LogP contribution in [0.1, 0.15) is 32.1 Å². The molecular weight excluding hydrogens is 449 g/mol. The highest BCUT2D eigenvalue weighted by molar-refractivity contribution is 14.0. The lowest BCUT2D eigenvalue weighted by Crippen LogP contribution is -2.40. The number of para-hydroxylation sites is 1. The van der Waals surface area contributed by atoms with E-state index in [0.29, 0.717) is 6.54 Å². The first-order valence-electron chi connectivity index (χ1n) is 8.75. The van der Waals surface area contributed by atoms with Gasteiger partial charge in [0, 0.05) is 37.0 Å². The zero-order chi connectivity index (χ0) is 17.0. The first kappa shape index (κ1) is 20.5. The van der Waals surface area contributed by atoms with E-state index >= 15 is 0 Å². The standard InChI is InChI=1S/C18H27N3O2S.HI/c1-24(22,23)15-18(10-11-18)14-19-17(21-12-6-3-7-13-21)20-16-8-4-2-5-9-16;/h2,4-5,8-9H,3,6-7,10-15H2,1H3,(H,19,20);1H. The third-order valence-electron chi connectivity index (χ3n) is 4.78. The molecule has 2 aliphatic rings. The van der Waals surface area contributed by atoms with E-state index in [1.807, 2.05) is 30.3 Å². The number of benzene rings is 1. The maximum atomic E-state index is 11.6. The molecule has 1 aromatic carbocycles. The van der Waals surface area contributed by atoms with Gasteiger partial charge in [-0.05, 0) is 44.2 Å². The summed E-state index contributed by atoms with van der Waals surface area (Å²) in [7, 11) is -2.95. The topological polar surface area (TPSA) is 61.8 Å². The fourth-order valence-corrected chi connectivity index (χ4v) is 4.79. The second-order valence-corrected chi connectivity index (χ2v) is 9.39.